The van der Waals surface area contributed by atoms with E-state index in [4.69, 9.17) is 0 Å². The lowest BCUT2D eigenvalue weighted by molar-refractivity contribution is 0.838. The summed E-state index contributed by atoms with van der Waals surface area (Å²) in [5, 5.41) is 0. The third kappa shape index (κ3) is 2.60. The lowest BCUT2D eigenvalue weighted by Gasteiger charge is -2.19. The molecule has 0 amide bonds. The van der Waals surface area contributed by atoms with E-state index in [0.29, 0.717) is 0 Å². The predicted octanol–water partition coefficient (Wildman–Crippen LogP) is 2.73. The van der Waals surface area contributed by atoms with Crippen molar-refractivity contribution in [1.82, 2.24) is 0 Å². The molecule has 0 unspecified atom stereocenters. The minimum absolute atomic E-state index is 0.938. The van der Waals surface area contributed by atoms with Gasteiger partial charge in [-0.15, -0.1) is 0 Å². The second-order valence-electron chi connectivity index (χ2n) is 1.97. The van der Waals surface area contributed by atoms with Gasteiger partial charge in [-0.25, -0.2) is 0 Å². The topological polar surface area (TPSA) is 0 Å². The standard InChI is InChI=1S/C5H8I2S/c6-4-1-5(7)3-8-2-4/h4-5H,1-3H2/t4-,5+. The highest BCUT2D eigenvalue weighted by molar-refractivity contribution is 14.1. The molecule has 1 aliphatic heterocycles. The summed E-state index contributed by atoms with van der Waals surface area (Å²) >= 11 is 7.19. The zero-order chi connectivity index (χ0) is 5.98. The molecule has 0 bridgehead atoms. The largest absolute Gasteiger partial charge is 0.160 e. The van der Waals surface area contributed by atoms with Crippen molar-refractivity contribution in [3.05, 3.63) is 0 Å². The van der Waals surface area contributed by atoms with Crippen LogP contribution in [0.2, 0.25) is 0 Å². The molecule has 0 aromatic rings. The van der Waals surface area contributed by atoms with Gasteiger partial charge in [0.05, 0.1) is 0 Å². The first-order chi connectivity index (χ1) is 3.79. The van der Waals surface area contributed by atoms with Crippen LogP contribution < -0.4 is 0 Å². The van der Waals surface area contributed by atoms with E-state index in [-0.39, 0.29) is 0 Å². The third-order valence-electron chi connectivity index (χ3n) is 1.11. The molecule has 1 heterocycles. The molecule has 2 atom stereocenters. The van der Waals surface area contributed by atoms with Gasteiger partial charge < -0.3 is 0 Å². The van der Waals surface area contributed by atoms with Crippen LogP contribution in [0.3, 0.4) is 0 Å². The third-order valence-corrected chi connectivity index (χ3v) is 5.48. The maximum absolute atomic E-state index is 2.55. The summed E-state index contributed by atoms with van der Waals surface area (Å²) in [6.45, 7) is 0. The van der Waals surface area contributed by atoms with Crippen LogP contribution >= 0.6 is 56.9 Å². The van der Waals surface area contributed by atoms with Gasteiger partial charge in [0.2, 0.25) is 0 Å². The highest BCUT2D eigenvalue weighted by atomic mass is 127. The SMILES string of the molecule is I[C@@H]1CSC[C@H](I)C1. The Kier molecular flexibility index (Phi) is 3.81. The molecule has 3 heteroatoms. The second kappa shape index (κ2) is 3.85. The Labute approximate surface area is 81.8 Å². The van der Waals surface area contributed by atoms with E-state index in [1.807, 2.05) is 0 Å². The summed E-state index contributed by atoms with van der Waals surface area (Å²) in [5.74, 6) is 2.75. The molecule has 0 aliphatic carbocycles. The maximum Gasteiger partial charge on any atom is 0.0210 e. The van der Waals surface area contributed by atoms with Crippen molar-refractivity contribution in [3.8, 4) is 0 Å². The van der Waals surface area contributed by atoms with Crippen molar-refractivity contribution < 1.29 is 0 Å². The van der Waals surface area contributed by atoms with E-state index in [1.165, 1.54) is 17.9 Å². The van der Waals surface area contributed by atoms with Gasteiger partial charge in [-0.05, 0) is 6.42 Å². The number of halogens is 2. The summed E-state index contributed by atoms with van der Waals surface area (Å²) in [4.78, 5) is 0. The van der Waals surface area contributed by atoms with E-state index < -0.39 is 0 Å². The number of hydrogen-bond donors (Lipinski definition) is 0. The fourth-order valence-corrected chi connectivity index (χ4v) is 5.38. The molecule has 8 heavy (non-hydrogen) atoms. The summed E-state index contributed by atoms with van der Waals surface area (Å²) in [5.41, 5.74) is 0. The smallest absolute Gasteiger partial charge is 0.0210 e. The van der Waals surface area contributed by atoms with Crippen LogP contribution in [0.4, 0.5) is 0 Å². The van der Waals surface area contributed by atoms with Gasteiger partial charge in [-0.1, -0.05) is 45.2 Å². The number of thioether (sulfide) groups is 1. The van der Waals surface area contributed by atoms with Gasteiger partial charge in [-0.3, -0.25) is 0 Å². The average Bonchev–Trinajstić information content (AvgIpc) is 1.64. The first-order valence-electron chi connectivity index (χ1n) is 2.65. The van der Waals surface area contributed by atoms with Gasteiger partial charge in [0.15, 0.2) is 0 Å². The molecule has 1 saturated heterocycles. The molecular weight excluding hydrogens is 346 g/mol. The van der Waals surface area contributed by atoms with Gasteiger partial charge in [0, 0.05) is 19.4 Å². The van der Waals surface area contributed by atoms with Crippen molar-refractivity contribution in [2.24, 2.45) is 0 Å². The van der Waals surface area contributed by atoms with Crippen molar-refractivity contribution >= 4 is 56.9 Å². The van der Waals surface area contributed by atoms with E-state index in [9.17, 15) is 0 Å². The first-order valence-corrected chi connectivity index (χ1v) is 6.29. The molecule has 0 spiro atoms. The van der Waals surface area contributed by atoms with Crippen LogP contribution in [0, 0.1) is 0 Å². The predicted molar refractivity (Wildman–Crippen MR) is 57.6 cm³/mol. The lowest BCUT2D eigenvalue weighted by atomic mass is 10.3. The molecule has 1 aliphatic rings. The zero-order valence-corrected chi connectivity index (χ0v) is 9.57. The summed E-state index contributed by atoms with van der Waals surface area (Å²) in [6, 6.07) is 0. The fourth-order valence-electron chi connectivity index (χ4n) is 0.737. The van der Waals surface area contributed by atoms with Gasteiger partial charge in [0.25, 0.3) is 0 Å². The minimum Gasteiger partial charge on any atom is -0.160 e. The fraction of sp³-hybridized carbons (Fsp3) is 1.00. The van der Waals surface area contributed by atoms with Crippen molar-refractivity contribution in [3.63, 3.8) is 0 Å². The zero-order valence-electron chi connectivity index (χ0n) is 4.44. The highest BCUT2D eigenvalue weighted by Gasteiger charge is 2.16. The highest BCUT2D eigenvalue weighted by Crippen LogP contribution is 2.27. The van der Waals surface area contributed by atoms with E-state index in [1.54, 1.807) is 0 Å². The number of hydrogen-bond acceptors (Lipinski definition) is 1. The van der Waals surface area contributed by atoms with Crippen LogP contribution in [0.5, 0.6) is 0 Å². The molecule has 0 aromatic carbocycles. The Morgan fingerprint density at radius 3 is 1.88 bits per heavy atom. The van der Waals surface area contributed by atoms with Gasteiger partial charge >= 0.3 is 0 Å². The molecule has 1 fully saturated rings. The molecule has 0 nitrogen and oxygen atoms in total. The van der Waals surface area contributed by atoms with E-state index in [0.717, 1.165) is 7.85 Å². The first kappa shape index (κ1) is 7.91. The lowest BCUT2D eigenvalue weighted by Crippen LogP contribution is -2.18. The Bertz CT molecular complexity index is 68.8. The van der Waals surface area contributed by atoms with Crippen LogP contribution in [0.15, 0.2) is 0 Å². The molecule has 48 valence electrons. The normalized spacial score (nSPS) is 39.8. The molecule has 0 N–H and O–H groups in total. The van der Waals surface area contributed by atoms with Crippen LogP contribution in [0.1, 0.15) is 6.42 Å². The minimum atomic E-state index is 0.938. The Hall–Kier alpha value is 1.81. The molecule has 0 saturated carbocycles. The Morgan fingerprint density at radius 1 is 1.12 bits per heavy atom. The summed E-state index contributed by atoms with van der Waals surface area (Å²) in [7, 11) is 0. The molecule has 0 aromatic heterocycles. The Morgan fingerprint density at radius 2 is 1.62 bits per heavy atom. The van der Waals surface area contributed by atoms with Gasteiger partial charge in [-0.2, -0.15) is 11.8 Å². The van der Waals surface area contributed by atoms with Crippen molar-refractivity contribution in [1.29, 1.82) is 0 Å². The van der Waals surface area contributed by atoms with Crippen LogP contribution in [-0.2, 0) is 0 Å². The van der Waals surface area contributed by atoms with Crippen LogP contribution in [-0.4, -0.2) is 19.4 Å². The van der Waals surface area contributed by atoms with Crippen molar-refractivity contribution in [2.45, 2.75) is 14.3 Å². The van der Waals surface area contributed by atoms with Crippen LogP contribution in [0.25, 0.3) is 0 Å². The maximum atomic E-state index is 2.55. The second-order valence-corrected chi connectivity index (χ2v) is 6.57. The van der Waals surface area contributed by atoms with Crippen molar-refractivity contribution in [2.75, 3.05) is 11.5 Å². The summed E-state index contributed by atoms with van der Waals surface area (Å²) in [6.07, 6.45) is 1.42. The monoisotopic (exact) mass is 354 g/mol. The average molecular weight is 354 g/mol. The number of alkyl halides is 2. The Balaban J connectivity index is 2.23. The number of rotatable bonds is 0. The summed E-state index contributed by atoms with van der Waals surface area (Å²) < 4.78 is 1.88. The van der Waals surface area contributed by atoms with Gasteiger partial charge in [0.1, 0.15) is 0 Å². The quantitative estimate of drug-likeness (QED) is 0.476. The molecular formula is C5H8I2S. The molecule has 0 radical (unpaired) electrons. The molecule has 1 rings (SSSR count). The van der Waals surface area contributed by atoms with E-state index >= 15 is 0 Å². The van der Waals surface area contributed by atoms with E-state index in [2.05, 4.69) is 56.9 Å².